The fraction of sp³-hybridized carbons (Fsp3) is 0.231. The Morgan fingerprint density at radius 1 is 1.05 bits per heavy atom. The molecule has 2 nitrogen and oxygen atoms in total. The highest BCUT2D eigenvalue weighted by Crippen LogP contribution is 2.24. The summed E-state index contributed by atoms with van der Waals surface area (Å²) in [5, 5.41) is 0. The Morgan fingerprint density at radius 2 is 1.68 bits per heavy atom. The number of halogens is 4. The molecule has 0 fully saturated rings. The SMILES string of the molecule is CCCc1nc(Br)cc(-c2cc(F)c(F)c(F)c2)n1. The van der Waals surface area contributed by atoms with Crippen LogP contribution in [0.4, 0.5) is 13.2 Å². The van der Waals surface area contributed by atoms with Gasteiger partial charge in [-0.2, -0.15) is 0 Å². The summed E-state index contributed by atoms with van der Waals surface area (Å²) < 4.78 is 39.8. The van der Waals surface area contributed by atoms with Crippen molar-refractivity contribution >= 4 is 15.9 Å². The molecule has 2 rings (SSSR count). The molecule has 6 heteroatoms. The molecule has 0 radical (unpaired) electrons. The maximum absolute atomic E-state index is 13.2. The van der Waals surface area contributed by atoms with E-state index in [1.54, 1.807) is 0 Å². The van der Waals surface area contributed by atoms with Gasteiger partial charge in [0.15, 0.2) is 17.5 Å². The van der Waals surface area contributed by atoms with Crippen LogP contribution < -0.4 is 0 Å². The second-order valence-electron chi connectivity index (χ2n) is 4.00. The van der Waals surface area contributed by atoms with E-state index in [1.165, 1.54) is 6.07 Å². The van der Waals surface area contributed by atoms with Gasteiger partial charge in [-0.1, -0.05) is 6.92 Å². The second-order valence-corrected chi connectivity index (χ2v) is 4.81. The van der Waals surface area contributed by atoms with Gasteiger partial charge in [-0.15, -0.1) is 0 Å². The molecule has 100 valence electrons. The quantitative estimate of drug-likeness (QED) is 0.620. The molecule has 1 aromatic heterocycles. The van der Waals surface area contributed by atoms with Gasteiger partial charge in [0.25, 0.3) is 0 Å². The molecule has 0 N–H and O–H groups in total. The average Bonchev–Trinajstić information content (AvgIpc) is 2.35. The molecule has 19 heavy (non-hydrogen) atoms. The molecule has 0 spiro atoms. The molecular weight excluding hydrogens is 321 g/mol. The lowest BCUT2D eigenvalue weighted by molar-refractivity contribution is 0.447. The van der Waals surface area contributed by atoms with Crippen molar-refractivity contribution in [2.45, 2.75) is 19.8 Å². The van der Waals surface area contributed by atoms with Crippen LogP contribution >= 0.6 is 15.9 Å². The molecule has 1 aromatic carbocycles. The lowest BCUT2D eigenvalue weighted by atomic mass is 10.1. The predicted octanol–water partition coefficient (Wildman–Crippen LogP) is 4.28. The van der Waals surface area contributed by atoms with Gasteiger partial charge in [-0.05, 0) is 40.5 Å². The fourth-order valence-electron chi connectivity index (χ4n) is 1.65. The predicted molar refractivity (Wildman–Crippen MR) is 69.0 cm³/mol. The first kappa shape index (κ1) is 14.0. The number of hydrogen-bond donors (Lipinski definition) is 0. The standard InChI is InChI=1S/C13H10BrF3N2/c1-2-3-12-18-10(6-11(14)19-12)7-4-8(15)13(17)9(16)5-7/h4-6H,2-3H2,1H3. The smallest absolute Gasteiger partial charge is 0.194 e. The molecule has 0 atom stereocenters. The van der Waals surface area contributed by atoms with Crippen molar-refractivity contribution in [3.05, 3.63) is 46.1 Å². The Bertz CT molecular complexity index is 594. The maximum Gasteiger partial charge on any atom is 0.194 e. The zero-order valence-corrected chi connectivity index (χ0v) is 11.6. The minimum absolute atomic E-state index is 0.178. The summed E-state index contributed by atoms with van der Waals surface area (Å²) in [6.07, 6.45) is 1.50. The number of hydrogen-bond acceptors (Lipinski definition) is 2. The summed E-state index contributed by atoms with van der Waals surface area (Å²) in [5.74, 6) is -3.38. The third-order valence-electron chi connectivity index (χ3n) is 2.49. The molecule has 0 amide bonds. The highest BCUT2D eigenvalue weighted by atomic mass is 79.9. The monoisotopic (exact) mass is 330 g/mol. The van der Waals surface area contributed by atoms with Crippen LogP contribution in [0.2, 0.25) is 0 Å². The number of aryl methyl sites for hydroxylation is 1. The molecular formula is C13H10BrF3N2. The van der Waals surface area contributed by atoms with Gasteiger partial charge in [0.05, 0.1) is 5.69 Å². The zero-order valence-electron chi connectivity index (χ0n) is 10.1. The van der Waals surface area contributed by atoms with Gasteiger partial charge >= 0.3 is 0 Å². The summed E-state index contributed by atoms with van der Waals surface area (Å²) in [4.78, 5) is 8.36. The van der Waals surface area contributed by atoms with Crippen LogP contribution in [0, 0.1) is 17.5 Å². The van der Waals surface area contributed by atoms with Crippen molar-refractivity contribution in [1.82, 2.24) is 9.97 Å². The van der Waals surface area contributed by atoms with Crippen molar-refractivity contribution in [3.8, 4) is 11.3 Å². The molecule has 0 saturated carbocycles. The van der Waals surface area contributed by atoms with Crippen molar-refractivity contribution < 1.29 is 13.2 Å². The maximum atomic E-state index is 13.2. The summed E-state index contributed by atoms with van der Waals surface area (Å²) in [6, 6.07) is 3.37. The van der Waals surface area contributed by atoms with Gasteiger partial charge in [0.1, 0.15) is 10.4 Å². The van der Waals surface area contributed by atoms with E-state index in [1.807, 2.05) is 6.92 Å². The Morgan fingerprint density at radius 3 is 2.26 bits per heavy atom. The highest BCUT2D eigenvalue weighted by molar-refractivity contribution is 9.10. The second kappa shape index (κ2) is 5.69. The van der Waals surface area contributed by atoms with E-state index in [2.05, 4.69) is 25.9 Å². The van der Waals surface area contributed by atoms with E-state index in [0.717, 1.165) is 18.6 Å². The van der Waals surface area contributed by atoms with Crippen LogP contribution in [-0.2, 0) is 6.42 Å². The number of aromatic nitrogens is 2. The lowest BCUT2D eigenvalue weighted by Crippen LogP contribution is -1.99. The normalized spacial score (nSPS) is 10.8. The van der Waals surface area contributed by atoms with Gasteiger partial charge in [0, 0.05) is 12.0 Å². The fourth-order valence-corrected chi connectivity index (χ4v) is 2.07. The minimum Gasteiger partial charge on any atom is -0.233 e. The summed E-state index contributed by atoms with van der Waals surface area (Å²) in [6.45, 7) is 1.97. The molecule has 1 heterocycles. The number of rotatable bonds is 3. The lowest BCUT2D eigenvalue weighted by Gasteiger charge is -2.06. The van der Waals surface area contributed by atoms with Gasteiger partial charge < -0.3 is 0 Å². The van der Waals surface area contributed by atoms with E-state index in [4.69, 9.17) is 0 Å². The van der Waals surface area contributed by atoms with E-state index in [0.29, 0.717) is 22.5 Å². The van der Waals surface area contributed by atoms with Crippen molar-refractivity contribution in [2.24, 2.45) is 0 Å². The van der Waals surface area contributed by atoms with Gasteiger partial charge in [0.2, 0.25) is 0 Å². The minimum atomic E-state index is -1.48. The Hall–Kier alpha value is -1.43. The van der Waals surface area contributed by atoms with Crippen molar-refractivity contribution in [2.75, 3.05) is 0 Å². The Balaban J connectivity index is 2.52. The number of benzene rings is 1. The summed E-state index contributed by atoms with van der Waals surface area (Å²) >= 11 is 3.22. The first-order valence-corrected chi connectivity index (χ1v) is 6.49. The van der Waals surface area contributed by atoms with Crippen LogP contribution in [0.25, 0.3) is 11.3 Å². The van der Waals surface area contributed by atoms with Crippen molar-refractivity contribution in [1.29, 1.82) is 0 Å². The first-order chi connectivity index (χ1) is 9.01. The zero-order chi connectivity index (χ0) is 14.0. The first-order valence-electron chi connectivity index (χ1n) is 5.69. The van der Waals surface area contributed by atoms with Crippen LogP contribution in [0.15, 0.2) is 22.8 Å². The molecule has 0 unspecified atom stereocenters. The summed E-state index contributed by atoms with van der Waals surface area (Å²) in [7, 11) is 0. The molecule has 0 aliphatic carbocycles. The van der Waals surface area contributed by atoms with Gasteiger partial charge in [-0.3, -0.25) is 0 Å². The van der Waals surface area contributed by atoms with Crippen LogP contribution in [0.1, 0.15) is 19.2 Å². The van der Waals surface area contributed by atoms with Crippen LogP contribution in [-0.4, -0.2) is 9.97 Å². The number of nitrogens with zero attached hydrogens (tertiary/aromatic N) is 2. The Labute approximate surface area is 116 Å². The third-order valence-corrected chi connectivity index (χ3v) is 2.90. The summed E-state index contributed by atoms with van der Waals surface area (Å²) in [5.41, 5.74) is 0.528. The van der Waals surface area contributed by atoms with E-state index < -0.39 is 17.5 Å². The molecule has 2 aromatic rings. The molecule has 0 bridgehead atoms. The highest BCUT2D eigenvalue weighted by Gasteiger charge is 2.13. The van der Waals surface area contributed by atoms with Crippen LogP contribution in [0.5, 0.6) is 0 Å². The Kier molecular flexibility index (Phi) is 4.19. The molecule has 0 saturated heterocycles. The topological polar surface area (TPSA) is 25.8 Å². The largest absolute Gasteiger partial charge is 0.233 e. The van der Waals surface area contributed by atoms with Crippen LogP contribution in [0.3, 0.4) is 0 Å². The van der Waals surface area contributed by atoms with E-state index >= 15 is 0 Å². The van der Waals surface area contributed by atoms with E-state index in [-0.39, 0.29) is 5.56 Å². The third kappa shape index (κ3) is 3.12. The van der Waals surface area contributed by atoms with Crippen molar-refractivity contribution in [3.63, 3.8) is 0 Å². The van der Waals surface area contributed by atoms with Gasteiger partial charge in [-0.25, -0.2) is 23.1 Å². The molecule has 0 aliphatic rings. The molecule has 0 aliphatic heterocycles. The average molecular weight is 331 g/mol. The van der Waals surface area contributed by atoms with E-state index in [9.17, 15) is 13.2 Å².